The number of nitrogens with one attached hydrogen (secondary N) is 1. The molecule has 0 spiro atoms. The van der Waals surface area contributed by atoms with Crippen molar-refractivity contribution in [1.82, 2.24) is 14.8 Å². The largest absolute Gasteiger partial charge is 0.497 e. The molecule has 0 aliphatic carbocycles. The first-order valence-electron chi connectivity index (χ1n) is 12.5. The normalized spacial score (nSPS) is 10.9. The van der Waals surface area contributed by atoms with Gasteiger partial charge in [-0.1, -0.05) is 42.5 Å². The zero-order valence-electron chi connectivity index (χ0n) is 21.7. The minimum Gasteiger partial charge on any atom is -0.497 e. The Morgan fingerprint density at radius 2 is 1.63 bits per heavy atom. The third kappa shape index (κ3) is 6.58. The van der Waals surface area contributed by atoms with Gasteiger partial charge >= 0.3 is 0 Å². The summed E-state index contributed by atoms with van der Waals surface area (Å²) < 4.78 is 24.8. The molecular weight excluding hydrogens is 485 g/mol. The molecule has 38 heavy (non-hydrogen) atoms. The number of hydrogen-bond donors (Lipinski definition) is 1. The summed E-state index contributed by atoms with van der Waals surface area (Å²) in [6.07, 6.45) is 2.60. The number of fused-ring (bicyclic) bond motifs is 1. The highest BCUT2D eigenvalue weighted by Crippen LogP contribution is 2.20. The van der Waals surface area contributed by atoms with Gasteiger partial charge in [-0.2, -0.15) is 0 Å². The van der Waals surface area contributed by atoms with Gasteiger partial charge in [0.2, 0.25) is 5.91 Å². The number of hydrogen-bond acceptors (Lipinski definition) is 4. The first-order valence-corrected chi connectivity index (χ1v) is 12.5. The van der Waals surface area contributed by atoms with E-state index in [1.54, 1.807) is 18.1 Å². The molecule has 0 aliphatic heterocycles. The van der Waals surface area contributed by atoms with Gasteiger partial charge in [0.05, 0.1) is 19.3 Å². The molecule has 8 heteroatoms. The molecule has 4 rings (SSSR count). The molecule has 0 fully saturated rings. The minimum absolute atomic E-state index is 0.0723. The lowest BCUT2D eigenvalue weighted by Gasteiger charge is -2.28. The van der Waals surface area contributed by atoms with E-state index in [9.17, 15) is 14.0 Å². The molecule has 1 N–H and O–H groups in total. The Balaban J connectivity index is 1.55. The van der Waals surface area contributed by atoms with E-state index in [-0.39, 0.29) is 31.2 Å². The van der Waals surface area contributed by atoms with Crippen LogP contribution in [0.5, 0.6) is 5.75 Å². The first-order chi connectivity index (χ1) is 18.5. The smallest absolute Gasteiger partial charge is 0.257 e. The molecule has 0 radical (unpaired) electrons. The highest BCUT2D eigenvalue weighted by molar-refractivity contribution is 5.96. The Labute approximate surface area is 221 Å². The Morgan fingerprint density at radius 3 is 2.37 bits per heavy atom. The number of aromatic nitrogens is 1. The second kappa shape index (κ2) is 12.9. The molecule has 0 unspecified atom stereocenters. The first kappa shape index (κ1) is 26.9. The van der Waals surface area contributed by atoms with Gasteiger partial charge in [0.15, 0.2) is 0 Å². The zero-order valence-corrected chi connectivity index (χ0v) is 21.7. The fourth-order valence-corrected chi connectivity index (χ4v) is 4.36. The van der Waals surface area contributed by atoms with E-state index in [1.807, 2.05) is 48.7 Å². The van der Waals surface area contributed by atoms with Gasteiger partial charge in [-0.3, -0.25) is 9.59 Å². The molecule has 0 atom stereocenters. The van der Waals surface area contributed by atoms with Crippen LogP contribution < -0.4 is 4.74 Å². The van der Waals surface area contributed by atoms with Crippen LogP contribution in [0.15, 0.2) is 79.0 Å². The Bertz CT molecular complexity index is 1370. The summed E-state index contributed by atoms with van der Waals surface area (Å²) in [4.78, 5) is 33.2. The van der Waals surface area contributed by atoms with E-state index in [4.69, 9.17) is 9.47 Å². The van der Waals surface area contributed by atoms with Crippen molar-refractivity contribution >= 4 is 22.7 Å². The summed E-state index contributed by atoms with van der Waals surface area (Å²) in [5.41, 5.74) is 3.00. The molecule has 198 valence electrons. The third-order valence-electron chi connectivity index (χ3n) is 6.49. The predicted molar refractivity (Wildman–Crippen MR) is 145 cm³/mol. The molecule has 0 saturated carbocycles. The number of rotatable bonds is 12. The van der Waals surface area contributed by atoms with Gasteiger partial charge in [0.25, 0.3) is 5.91 Å². The zero-order chi connectivity index (χ0) is 26.9. The Hall–Kier alpha value is -4.17. The van der Waals surface area contributed by atoms with Crippen molar-refractivity contribution < 1.29 is 23.5 Å². The number of benzene rings is 3. The van der Waals surface area contributed by atoms with Crippen LogP contribution in [0.3, 0.4) is 0 Å². The molecule has 7 nitrogen and oxygen atoms in total. The Morgan fingerprint density at radius 1 is 0.895 bits per heavy atom. The van der Waals surface area contributed by atoms with Crippen molar-refractivity contribution in [2.75, 3.05) is 40.5 Å². The monoisotopic (exact) mass is 517 g/mol. The molecule has 0 bridgehead atoms. The molecule has 2 amide bonds. The maximum absolute atomic E-state index is 14.4. The van der Waals surface area contributed by atoms with Crippen LogP contribution in [0.4, 0.5) is 4.39 Å². The second-order valence-electron chi connectivity index (χ2n) is 8.97. The maximum Gasteiger partial charge on any atom is 0.257 e. The quantitative estimate of drug-likeness (QED) is 0.296. The van der Waals surface area contributed by atoms with Gasteiger partial charge in [0, 0.05) is 43.8 Å². The molecular formula is C30H32FN3O4. The van der Waals surface area contributed by atoms with Crippen LogP contribution in [0.2, 0.25) is 0 Å². The van der Waals surface area contributed by atoms with Crippen molar-refractivity contribution in [1.29, 1.82) is 0 Å². The fourth-order valence-electron chi connectivity index (χ4n) is 4.36. The summed E-state index contributed by atoms with van der Waals surface area (Å²) >= 11 is 0. The number of carbonyl (C=O) groups is 2. The number of methoxy groups -OCH3 is 2. The van der Waals surface area contributed by atoms with Crippen LogP contribution in [-0.4, -0.2) is 67.1 Å². The van der Waals surface area contributed by atoms with Crippen LogP contribution >= 0.6 is 0 Å². The molecule has 0 aliphatic rings. The van der Waals surface area contributed by atoms with Gasteiger partial charge in [-0.25, -0.2) is 4.39 Å². The lowest BCUT2D eigenvalue weighted by molar-refractivity contribution is -0.132. The maximum atomic E-state index is 14.4. The number of H-pyrrole nitrogens is 1. The van der Waals surface area contributed by atoms with E-state index in [1.165, 1.54) is 30.2 Å². The number of amides is 2. The minimum atomic E-state index is -0.623. The van der Waals surface area contributed by atoms with Crippen LogP contribution in [0.1, 0.15) is 21.5 Å². The van der Waals surface area contributed by atoms with Crippen molar-refractivity contribution in [3.63, 3.8) is 0 Å². The number of aromatic amines is 1. The van der Waals surface area contributed by atoms with E-state index in [0.717, 1.165) is 27.8 Å². The summed E-state index contributed by atoms with van der Waals surface area (Å²) in [6.45, 7) is 0.992. The molecule has 1 aromatic heterocycles. The number of carbonyl (C=O) groups excluding carboxylic acids is 2. The number of ether oxygens (including phenoxy) is 2. The lowest BCUT2D eigenvalue weighted by Crippen LogP contribution is -2.44. The lowest BCUT2D eigenvalue weighted by atomic mass is 10.1. The summed E-state index contributed by atoms with van der Waals surface area (Å²) in [5, 5.41) is 1.11. The predicted octanol–water partition coefficient (Wildman–Crippen LogP) is 4.68. The van der Waals surface area contributed by atoms with Gasteiger partial charge < -0.3 is 24.3 Å². The van der Waals surface area contributed by atoms with E-state index in [2.05, 4.69) is 11.1 Å². The van der Waals surface area contributed by atoms with Crippen molar-refractivity contribution in [2.24, 2.45) is 0 Å². The van der Waals surface area contributed by atoms with Crippen LogP contribution in [-0.2, 0) is 22.5 Å². The SMILES string of the molecule is COCCN(CC(=O)N(CCc1c[nH]c2ccccc12)Cc1ccc(OC)cc1)C(=O)c1ccccc1F. The Kier molecular flexibility index (Phi) is 9.11. The topological polar surface area (TPSA) is 74.9 Å². The summed E-state index contributed by atoms with van der Waals surface area (Å²) in [6, 6.07) is 21.4. The van der Waals surface area contributed by atoms with Gasteiger partial charge in [-0.15, -0.1) is 0 Å². The molecule has 4 aromatic rings. The number of nitrogens with zero attached hydrogens (tertiary/aromatic N) is 2. The molecule has 1 heterocycles. The van der Waals surface area contributed by atoms with Crippen LogP contribution in [0.25, 0.3) is 10.9 Å². The van der Waals surface area contributed by atoms with Crippen molar-refractivity contribution in [2.45, 2.75) is 13.0 Å². The van der Waals surface area contributed by atoms with Gasteiger partial charge in [-0.05, 0) is 47.9 Å². The molecule has 3 aromatic carbocycles. The van der Waals surface area contributed by atoms with E-state index in [0.29, 0.717) is 19.5 Å². The van der Waals surface area contributed by atoms with E-state index < -0.39 is 11.7 Å². The van der Waals surface area contributed by atoms with Gasteiger partial charge in [0.1, 0.15) is 18.1 Å². The summed E-state index contributed by atoms with van der Waals surface area (Å²) in [5.74, 6) is -0.676. The molecule has 0 saturated heterocycles. The van der Waals surface area contributed by atoms with E-state index >= 15 is 0 Å². The summed E-state index contributed by atoms with van der Waals surface area (Å²) in [7, 11) is 3.12. The average molecular weight is 518 g/mol. The average Bonchev–Trinajstić information content (AvgIpc) is 3.36. The highest BCUT2D eigenvalue weighted by Gasteiger charge is 2.24. The van der Waals surface area contributed by atoms with Crippen LogP contribution in [0, 0.1) is 5.82 Å². The second-order valence-corrected chi connectivity index (χ2v) is 8.97. The third-order valence-corrected chi connectivity index (χ3v) is 6.49. The fraction of sp³-hybridized carbons (Fsp3) is 0.267. The van der Waals surface area contributed by atoms with Crippen molar-refractivity contribution in [3.8, 4) is 5.75 Å². The number of para-hydroxylation sites is 1. The standard InChI is InChI=1S/C30H32FN3O4/c1-37-18-17-34(30(36)26-8-3-5-9-27(26)31)21-29(35)33(20-22-11-13-24(38-2)14-12-22)16-15-23-19-32-28-10-6-4-7-25(23)28/h3-14,19,32H,15-18,20-21H2,1-2H3. The van der Waals surface area contributed by atoms with Crippen molar-refractivity contribution in [3.05, 3.63) is 102 Å². The number of halogens is 1. The highest BCUT2D eigenvalue weighted by atomic mass is 19.1.